The maximum atomic E-state index is 13.1. The number of carboxylic acid groups (broad SMARTS) is 1. The lowest BCUT2D eigenvalue weighted by Gasteiger charge is -2.18. The number of aliphatic carboxylic acids is 1. The van der Waals surface area contributed by atoms with Crippen LogP contribution in [0.15, 0.2) is 84.0 Å². The predicted molar refractivity (Wildman–Crippen MR) is 150 cm³/mol. The monoisotopic (exact) mass is 569 g/mol. The molecule has 0 bridgehead atoms. The van der Waals surface area contributed by atoms with E-state index in [4.69, 9.17) is 4.42 Å². The van der Waals surface area contributed by atoms with Gasteiger partial charge >= 0.3 is 5.97 Å². The maximum Gasteiger partial charge on any atom is 0.326 e. The van der Waals surface area contributed by atoms with Crippen LogP contribution in [0.1, 0.15) is 21.7 Å². The van der Waals surface area contributed by atoms with E-state index in [1.165, 1.54) is 18.8 Å². The van der Waals surface area contributed by atoms with Crippen LogP contribution in [0.25, 0.3) is 22.4 Å². The van der Waals surface area contributed by atoms with Crippen molar-refractivity contribution in [3.63, 3.8) is 0 Å². The number of nitrogens with zero attached hydrogens (tertiary/aromatic N) is 2. The Labute approximate surface area is 238 Å². The number of nitrogens with one attached hydrogen (secondary N) is 5. The van der Waals surface area contributed by atoms with Crippen LogP contribution >= 0.6 is 0 Å². The van der Waals surface area contributed by atoms with Gasteiger partial charge in [0.2, 0.25) is 17.7 Å². The highest BCUT2D eigenvalue weighted by Gasteiger charge is 2.26. The summed E-state index contributed by atoms with van der Waals surface area (Å²) in [6, 6.07) is 14.1. The molecule has 13 heteroatoms. The number of hydrogen-bond donors (Lipinski definition) is 6. The Morgan fingerprint density at radius 2 is 1.71 bits per heavy atom. The average molecular weight is 570 g/mol. The standard InChI is InChI=1S/C29H27N7O6/c37-25(34-23(29(40)41)10-18-12-31-21-9-5-4-8-20(18)21)14-32-26(38)22(11-19-13-30-16-33-19)35-27(39)24-15-42-28(36-24)17-6-2-1-3-7-17/h1-9,12-13,15-16,22-23,31H,10-11,14H2,(H,30,33)(H,32,38)(H,34,37)(H,35,39)(H,40,41)/t22-,23-/m0/s1. The Hall–Kier alpha value is -5.72. The van der Waals surface area contributed by atoms with Gasteiger partial charge < -0.3 is 35.4 Å². The largest absolute Gasteiger partial charge is 0.480 e. The van der Waals surface area contributed by atoms with E-state index < -0.39 is 42.3 Å². The van der Waals surface area contributed by atoms with Crippen molar-refractivity contribution in [2.24, 2.45) is 0 Å². The maximum absolute atomic E-state index is 13.1. The van der Waals surface area contributed by atoms with Crippen molar-refractivity contribution < 1.29 is 28.7 Å². The van der Waals surface area contributed by atoms with Gasteiger partial charge in [-0.15, -0.1) is 0 Å². The average Bonchev–Trinajstić information content (AvgIpc) is 3.78. The van der Waals surface area contributed by atoms with Crippen LogP contribution < -0.4 is 16.0 Å². The fraction of sp³-hybridized carbons (Fsp3) is 0.172. The van der Waals surface area contributed by atoms with Gasteiger partial charge in [0.1, 0.15) is 18.3 Å². The van der Waals surface area contributed by atoms with E-state index in [0.29, 0.717) is 11.3 Å². The third-order valence-corrected chi connectivity index (χ3v) is 6.51. The zero-order valence-corrected chi connectivity index (χ0v) is 22.2. The third-order valence-electron chi connectivity index (χ3n) is 6.51. The van der Waals surface area contributed by atoms with E-state index in [1.807, 2.05) is 30.3 Å². The zero-order chi connectivity index (χ0) is 29.5. The van der Waals surface area contributed by atoms with Crippen LogP contribution in [0.4, 0.5) is 0 Å². The molecule has 13 nitrogen and oxygen atoms in total. The molecule has 5 aromatic rings. The highest BCUT2D eigenvalue weighted by atomic mass is 16.4. The number of oxazole rings is 1. The summed E-state index contributed by atoms with van der Waals surface area (Å²) in [5, 5.41) is 18.1. The molecule has 3 amide bonds. The van der Waals surface area contributed by atoms with Crippen molar-refractivity contribution in [2.75, 3.05) is 6.54 Å². The summed E-state index contributed by atoms with van der Waals surface area (Å²) in [5.74, 6) is -3.00. The second-order valence-electron chi connectivity index (χ2n) is 9.45. The minimum absolute atomic E-state index is 0.0319. The molecule has 0 fully saturated rings. The molecule has 2 atom stereocenters. The van der Waals surface area contributed by atoms with Crippen molar-refractivity contribution in [3.8, 4) is 11.5 Å². The summed E-state index contributed by atoms with van der Waals surface area (Å²) in [6.07, 6.45) is 5.92. The van der Waals surface area contributed by atoms with E-state index in [9.17, 15) is 24.3 Å². The number of carbonyl (C=O) groups excluding carboxylic acids is 3. The van der Waals surface area contributed by atoms with Crippen LogP contribution in [0.5, 0.6) is 0 Å². The molecule has 5 rings (SSSR count). The first kappa shape index (κ1) is 27.8. The van der Waals surface area contributed by atoms with Gasteiger partial charge in [0, 0.05) is 47.4 Å². The SMILES string of the molecule is O=C(CNC(=O)[C@H](Cc1cnc[nH]1)NC(=O)c1coc(-c2ccccc2)n1)N[C@@H](Cc1c[nH]c2ccccc12)C(=O)O. The second-order valence-corrected chi connectivity index (χ2v) is 9.45. The van der Waals surface area contributed by atoms with Crippen molar-refractivity contribution >= 4 is 34.6 Å². The fourth-order valence-corrected chi connectivity index (χ4v) is 4.41. The van der Waals surface area contributed by atoms with Gasteiger partial charge in [-0.3, -0.25) is 14.4 Å². The van der Waals surface area contributed by atoms with E-state index in [-0.39, 0.29) is 24.4 Å². The van der Waals surface area contributed by atoms with Crippen LogP contribution in [-0.2, 0) is 27.2 Å². The van der Waals surface area contributed by atoms with Gasteiger partial charge in [0.25, 0.3) is 5.91 Å². The van der Waals surface area contributed by atoms with Crippen LogP contribution in [0.2, 0.25) is 0 Å². The minimum Gasteiger partial charge on any atom is -0.480 e. The number of imidazole rings is 1. The number of carboxylic acids is 1. The van der Waals surface area contributed by atoms with Crippen LogP contribution in [-0.4, -0.2) is 67.4 Å². The van der Waals surface area contributed by atoms with E-state index >= 15 is 0 Å². The summed E-state index contributed by atoms with van der Waals surface area (Å²) >= 11 is 0. The molecule has 3 aromatic heterocycles. The first-order chi connectivity index (χ1) is 20.4. The topological polar surface area (TPSA) is 195 Å². The summed E-state index contributed by atoms with van der Waals surface area (Å²) in [5.41, 5.74) is 2.79. The Bertz CT molecular complexity index is 1690. The first-order valence-electron chi connectivity index (χ1n) is 13.0. The molecule has 0 aliphatic rings. The summed E-state index contributed by atoms with van der Waals surface area (Å²) in [4.78, 5) is 64.7. The number of rotatable bonds is 12. The molecule has 0 saturated heterocycles. The number of benzene rings is 2. The molecule has 0 unspecified atom stereocenters. The predicted octanol–water partition coefficient (Wildman–Crippen LogP) is 1.82. The lowest BCUT2D eigenvalue weighted by molar-refractivity contribution is -0.141. The van der Waals surface area contributed by atoms with Crippen molar-refractivity contribution in [3.05, 3.63) is 96.5 Å². The minimum atomic E-state index is -1.22. The van der Waals surface area contributed by atoms with Gasteiger partial charge in [-0.05, 0) is 23.8 Å². The first-order valence-corrected chi connectivity index (χ1v) is 13.0. The lowest BCUT2D eigenvalue weighted by atomic mass is 10.0. The molecule has 0 saturated carbocycles. The highest BCUT2D eigenvalue weighted by Crippen LogP contribution is 2.20. The number of para-hydroxylation sites is 1. The van der Waals surface area contributed by atoms with Crippen LogP contribution in [0, 0.1) is 0 Å². The Morgan fingerprint density at radius 3 is 2.48 bits per heavy atom. The van der Waals surface area contributed by atoms with Gasteiger partial charge in [0.15, 0.2) is 5.69 Å². The molecule has 2 aromatic carbocycles. The number of amides is 3. The quantitative estimate of drug-likeness (QED) is 0.131. The zero-order valence-electron chi connectivity index (χ0n) is 22.2. The smallest absolute Gasteiger partial charge is 0.326 e. The normalized spacial score (nSPS) is 12.4. The molecular weight excluding hydrogens is 542 g/mol. The van der Waals surface area contributed by atoms with Crippen molar-refractivity contribution in [2.45, 2.75) is 24.9 Å². The molecule has 42 heavy (non-hydrogen) atoms. The number of hydrogen-bond acceptors (Lipinski definition) is 7. The summed E-state index contributed by atoms with van der Waals surface area (Å²) < 4.78 is 5.42. The Kier molecular flexibility index (Phi) is 8.37. The molecule has 3 heterocycles. The number of H-pyrrole nitrogens is 2. The molecular formula is C29H27N7O6. The Morgan fingerprint density at radius 1 is 0.929 bits per heavy atom. The molecule has 0 aliphatic heterocycles. The fourth-order valence-electron chi connectivity index (χ4n) is 4.41. The molecule has 0 radical (unpaired) electrons. The highest BCUT2D eigenvalue weighted by molar-refractivity contribution is 5.97. The van der Waals surface area contributed by atoms with Gasteiger partial charge in [-0.25, -0.2) is 14.8 Å². The Balaban J connectivity index is 1.21. The lowest BCUT2D eigenvalue weighted by Crippen LogP contribution is -2.51. The van der Waals surface area contributed by atoms with Gasteiger partial charge in [-0.2, -0.15) is 0 Å². The number of aromatic nitrogens is 4. The number of fused-ring (bicyclic) bond motifs is 1. The van der Waals surface area contributed by atoms with Crippen molar-refractivity contribution in [1.82, 2.24) is 35.9 Å². The molecule has 0 spiro atoms. The molecule has 0 aliphatic carbocycles. The molecule has 6 N–H and O–H groups in total. The number of aromatic amines is 2. The van der Waals surface area contributed by atoms with E-state index in [2.05, 4.69) is 35.9 Å². The third kappa shape index (κ3) is 6.70. The summed E-state index contributed by atoms with van der Waals surface area (Å²) in [7, 11) is 0. The van der Waals surface area contributed by atoms with E-state index in [0.717, 1.165) is 16.5 Å². The van der Waals surface area contributed by atoms with Crippen molar-refractivity contribution in [1.29, 1.82) is 0 Å². The summed E-state index contributed by atoms with van der Waals surface area (Å²) in [6.45, 7) is -0.506. The van der Waals surface area contributed by atoms with Gasteiger partial charge in [-0.1, -0.05) is 36.4 Å². The van der Waals surface area contributed by atoms with Gasteiger partial charge in [0.05, 0.1) is 12.9 Å². The van der Waals surface area contributed by atoms with E-state index in [1.54, 1.807) is 30.5 Å². The number of carbonyl (C=O) groups is 4. The second kappa shape index (κ2) is 12.6. The molecule has 214 valence electrons. The van der Waals surface area contributed by atoms with Crippen LogP contribution in [0.3, 0.4) is 0 Å².